The Balaban J connectivity index is 1.77. The number of fused-ring (bicyclic) bond motifs is 1. The number of carbonyl (C=O) groups excluding carboxylic acids is 1. The molecular weight excluding hydrogens is 212 g/mol. The molecule has 1 fully saturated rings. The van der Waals surface area contributed by atoms with Gasteiger partial charge in [0.05, 0.1) is 6.04 Å². The summed E-state index contributed by atoms with van der Waals surface area (Å²) in [5.41, 5.74) is 2.57. The van der Waals surface area contributed by atoms with Crippen LogP contribution >= 0.6 is 0 Å². The largest absolute Gasteiger partial charge is 0.383 e. The maximum atomic E-state index is 11.9. The van der Waals surface area contributed by atoms with E-state index in [0.717, 1.165) is 38.8 Å². The van der Waals surface area contributed by atoms with Crippen LogP contribution in [0.1, 0.15) is 24.8 Å². The average molecular weight is 230 g/mol. The first-order chi connectivity index (χ1) is 8.34. The number of likely N-dealkylation sites (tertiary alicyclic amines) is 1. The normalized spacial score (nSPS) is 24.1. The highest BCUT2D eigenvalue weighted by atomic mass is 16.2. The first-order valence-electron chi connectivity index (χ1n) is 6.46. The molecular formula is C14H18N2O. The van der Waals surface area contributed by atoms with Gasteiger partial charge in [0, 0.05) is 25.2 Å². The zero-order chi connectivity index (χ0) is 11.7. The fourth-order valence-electron chi connectivity index (χ4n) is 2.86. The summed E-state index contributed by atoms with van der Waals surface area (Å²) in [5, 5.41) is 3.44. The number of piperidine rings is 1. The van der Waals surface area contributed by atoms with Crippen molar-refractivity contribution >= 4 is 11.6 Å². The van der Waals surface area contributed by atoms with Gasteiger partial charge in [0.25, 0.3) is 0 Å². The number of anilines is 1. The topological polar surface area (TPSA) is 32.3 Å². The predicted molar refractivity (Wildman–Crippen MR) is 68.0 cm³/mol. The molecule has 1 N–H and O–H groups in total. The SMILES string of the molecule is O=C1CCCCN1C1CNc2ccccc2C1. The molecule has 2 heterocycles. The third-order valence-corrected chi connectivity index (χ3v) is 3.80. The number of benzene rings is 1. The second kappa shape index (κ2) is 4.40. The first kappa shape index (κ1) is 10.6. The van der Waals surface area contributed by atoms with E-state index in [-0.39, 0.29) is 0 Å². The van der Waals surface area contributed by atoms with Crippen molar-refractivity contribution in [2.75, 3.05) is 18.4 Å². The van der Waals surface area contributed by atoms with Crippen LogP contribution in [0.3, 0.4) is 0 Å². The van der Waals surface area contributed by atoms with Crippen LogP contribution in [0.25, 0.3) is 0 Å². The Hall–Kier alpha value is -1.51. The van der Waals surface area contributed by atoms with Gasteiger partial charge in [-0.15, -0.1) is 0 Å². The van der Waals surface area contributed by atoms with E-state index < -0.39 is 0 Å². The van der Waals surface area contributed by atoms with Gasteiger partial charge < -0.3 is 10.2 Å². The molecule has 1 saturated heterocycles. The summed E-state index contributed by atoms with van der Waals surface area (Å²) in [5.74, 6) is 0.336. The van der Waals surface area contributed by atoms with E-state index >= 15 is 0 Å². The molecule has 3 nitrogen and oxygen atoms in total. The highest BCUT2D eigenvalue weighted by Gasteiger charge is 2.28. The minimum absolute atomic E-state index is 0.336. The standard InChI is InChI=1S/C14H18N2O/c17-14-7-3-4-8-16(14)12-9-11-5-1-2-6-13(11)15-10-12/h1-2,5-6,12,15H,3-4,7-10H2. The van der Waals surface area contributed by atoms with E-state index in [9.17, 15) is 4.79 Å². The third kappa shape index (κ3) is 2.02. The highest BCUT2D eigenvalue weighted by molar-refractivity contribution is 5.77. The van der Waals surface area contributed by atoms with E-state index in [4.69, 9.17) is 0 Å². The summed E-state index contributed by atoms with van der Waals surface area (Å²) in [6.07, 6.45) is 3.95. The third-order valence-electron chi connectivity index (χ3n) is 3.80. The smallest absolute Gasteiger partial charge is 0.222 e. The molecule has 1 atom stereocenters. The van der Waals surface area contributed by atoms with E-state index in [1.54, 1.807) is 0 Å². The van der Waals surface area contributed by atoms with Gasteiger partial charge in [0.15, 0.2) is 0 Å². The lowest BCUT2D eigenvalue weighted by atomic mass is 9.96. The second-order valence-corrected chi connectivity index (χ2v) is 4.94. The Labute approximate surface area is 102 Å². The van der Waals surface area contributed by atoms with E-state index in [0.29, 0.717) is 11.9 Å². The second-order valence-electron chi connectivity index (χ2n) is 4.94. The van der Waals surface area contributed by atoms with Crippen molar-refractivity contribution in [2.24, 2.45) is 0 Å². The van der Waals surface area contributed by atoms with E-state index in [1.165, 1.54) is 11.3 Å². The summed E-state index contributed by atoms with van der Waals surface area (Å²) < 4.78 is 0. The number of hydrogen-bond donors (Lipinski definition) is 1. The van der Waals surface area contributed by atoms with Gasteiger partial charge in [0.1, 0.15) is 0 Å². The molecule has 0 saturated carbocycles. The van der Waals surface area contributed by atoms with Crippen LogP contribution in [0.2, 0.25) is 0 Å². The van der Waals surface area contributed by atoms with Gasteiger partial charge in [-0.3, -0.25) is 4.79 Å². The molecule has 17 heavy (non-hydrogen) atoms. The quantitative estimate of drug-likeness (QED) is 0.800. The van der Waals surface area contributed by atoms with Crippen molar-refractivity contribution in [3.8, 4) is 0 Å². The van der Waals surface area contributed by atoms with Crippen LogP contribution in [-0.4, -0.2) is 29.9 Å². The van der Waals surface area contributed by atoms with Gasteiger partial charge >= 0.3 is 0 Å². The van der Waals surface area contributed by atoms with Crippen LogP contribution in [0.15, 0.2) is 24.3 Å². The summed E-state index contributed by atoms with van der Waals surface area (Å²) in [7, 11) is 0. The Bertz CT molecular complexity index is 430. The zero-order valence-corrected chi connectivity index (χ0v) is 9.98. The van der Waals surface area contributed by atoms with Crippen molar-refractivity contribution in [1.82, 2.24) is 4.90 Å². The van der Waals surface area contributed by atoms with Crippen LogP contribution < -0.4 is 5.32 Å². The van der Waals surface area contributed by atoms with Gasteiger partial charge in [-0.05, 0) is 30.9 Å². The fraction of sp³-hybridized carbons (Fsp3) is 0.500. The number of para-hydroxylation sites is 1. The molecule has 0 aliphatic carbocycles. The Morgan fingerprint density at radius 1 is 1.24 bits per heavy atom. The molecule has 3 heteroatoms. The molecule has 2 aliphatic heterocycles. The summed E-state index contributed by atoms with van der Waals surface area (Å²) in [6, 6.07) is 8.74. The van der Waals surface area contributed by atoms with Crippen LogP contribution in [0, 0.1) is 0 Å². The summed E-state index contributed by atoms with van der Waals surface area (Å²) in [6.45, 7) is 1.83. The van der Waals surface area contributed by atoms with Gasteiger partial charge in [0.2, 0.25) is 5.91 Å². The Kier molecular flexibility index (Phi) is 2.75. The van der Waals surface area contributed by atoms with Crippen LogP contribution in [-0.2, 0) is 11.2 Å². The molecule has 0 radical (unpaired) electrons. The molecule has 1 aromatic carbocycles. The molecule has 0 aromatic heterocycles. The fourth-order valence-corrected chi connectivity index (χ4v) is 2.86. The number of amides is 1. The molecule has 1 amide bonds. The van der Waals surface area contributed by atoms with Crippen LogP contribution in [0.4, 0.5) is 5.69 Å². The van der Waals surface area contributed by atoms with Gasteiger partial charge in [-0.25, -0.2) is 0 Å². The van der Waals surface area contributed by atoms with Crippen molar-refractivity contribution in [3.05, 3.63) is 29.8 Å². The molecule has 2 aliphatic rings. The first-order valence-corrected chi connectivity index (χ1v) is 6.46. The van der Waals surface area contributed by atoms with Crippen molar-refractivity contribution < 1.29 is 4.79 Å². The van der Waals surface area contributed by atoms with Gasteiger partial charge in [-0.1, -0.05) is 18.2 Å². The number of carbonyl (C=O) groups is 1. The highest BCUT2D eigenvalue weighted by Crippen LogP contribution is 2.25. The lowest BCUT2D eigenvalue weighted by molar-refractivity contribution is -0.135. The molecule has 1 aromatic rings. The summed E-state index contributed by atoms with van der Waals surface area (Å²) >= 11 is 0. The van der Waals surface area contributed by atoms with E-state index in [1.807, 2.05) is 0 Å². The molecule has 0 bridgehead atoms. The maximum Gasteiger partial charge on any atom is 0.222 e. The van der Waals surface area contributed by atoms with E-state index in [2.05, 4.69) is 34.5 Å². The maximum absolute atomic E-state index is 11.9. The molecule has 1 unspecified atom stereocenters. The zero-order valence-electron chi connectivity index (χ0n) is 9.98. The predicted octanol–water partition coefficient (Wildman–Crippen LogP) is 2.04. The minimum Gasteiger partial charge on any atom is -0.383 e. The minimum atomic E-state index is 0.336. The molecule has 3 rings (SSSR count). The molecule has 90 valence electrons. The number of nitrogens with zero attached hydrogens (tertiary/aromatic N) is 1. The summed E-state index contributed by atoms with van der Waals surface area (Å²) in [4.78, 5) is 14.0. The lowest BCUT2D eigenvalue weighted by Gasteiger charge is -2.38. The number of nitrogens with one attached hydrogen (secondary N) is 1. The van der Waals surface area contributed by atoms with Crippen LogP contribution in [0.5, 0.6) is 0 Å². The lowest BCUT2D eigenvalue weighted by Crippen LogP contribution is -2.49. The van der Waals surface area contributed by atoms with Gasteiger partial charge in [-0.2, -0.15) is 0 Å². The number of hydrogen-bond acceptors (Lipinski definition) is 2. The molecule has 0 spiro atoms. The van der Waals surface area contributed by atoms with Crippen molar-refractivity contribution in [3.63, 3.8) is 0 Å². The van der Waals surface area contributed by atoms with Crippen molar-refractivity contribution in [1.29, 1.82) is 0 Å². The monoisotopic (exact) mass is 230 g/mol. The Morgan fingerprint density at radius 2 is 2.12 bits per heavy atom. The number of rotatable bonds is 1. The average Bonchev–Trinajstić information content (AvgIpc) is 2.39. The Morgan fingerprint density at radius 3 is 3.00 bits per heavy atom. The van der Waals surface area contributed by atoms with Crippen molar-refractivity contribution in [2.45, 2.75) is 31.7 Å².